The van der Waals surface area contributed by atoms with Gasteiger partial charge >= 0.3 is 11.9 Å². The van der Waals surface area contributed by atoms with Crippen molar-refractivity contribution in [3.05, 3.63) is 66.6 Å². The van der Waals surface area contributed by atoms with Gasteiger partial charge in [-0.2, -0.15) is 0 Å². The molecule has 0 fully saturated rings. The zero-order valence-electron chi connectivity index (χ0n) is 11.6. The Kier molecular flexibility index (Phi) is 4.87. The van der Waals surface area contributed by atoms with E-state index in [1.807, 2.05) is 0 Å². The molecule has 1 aliphatic heterocycles. The minimum Gasteiger partial charge on any atom is -0.423 e. The van der Waals surface area contributed by atoms with Crippen LogP contribution in [0.15, 0.2) is 66.6 Å². The smallest absolute Gasteiger partial charge is 0.336 e. The number of ether oxygens (including phenoxy) is 2. The summed E-state index contributed by atoms with van der Waals surface area (Å²) in [5, 5.41) is 2.44. The van der Waals surface area contributed by atoms with E-state index in [4.69, 9.17) is 9.47 Å². The molecule has 0 atom stereocenters. The third kappa shape index (κ3) is 4.45. The molecule has 1 amide bonds. The fraction of sp³-hybridized carbons (Fsp3) is 0.0625. The SMILES string of the molecule is C=C1CC=C(OC(=O)/C=C/C(=O)Oc2ccccc2)C(=O)N1. The van der Waals surface area contributed by atoms with Crippen LogP contribution in [0.3, 0.4) is 0 Å². The topological polar surface area (TPSA) is 81.7 Å². The van der Waals surface area contributed by atoms with Crippen LogP contribution in [0.2, 0.25) is 0 Å². The first-order valence-electron chi connectivity index (χ1n) is 6.40. The van der Waals surface area contributed by atoms with Crippen molar-refractivity contribution in [2.45, 2.75) is 6.42 Å². The lowest BCUT2D eigenvalue weighted by atomic mass is 10.2. The van der Waals surface area contributed by atoms with Crippen LogP contribution in [0, 0.1) is 0 Å². The molecule has 0 aliphatic carbocycles. The largest absolute Gasteiger partial charge is 0.423 e. The minimum atomic E-state index is -0.848. The van der Waals surface area contributed by atoms with Gasteiger partial charge in [0, 0.05) is 24.3 Å². The van der Waals surface area contributed by atoms with Gasteiger partial charge in [0.2, 0.25) is 0 Å². The number of carbonyl (C=O) groups is 3. The Hall–Kier alpha value is -3.15. The van der Waals surface area contributed by atoms with Gasteiger partial charge in [-0.3, -0.25) is 4.79 Å². The fourth-order valence-electron chi connectivity index (χ4n) is 1.59. The second kappa shape index (κ2) is 7.03. The van der Waals surface area contributed by atoms with Crippen LogP contribution >= 0.6 is 0 Å². The average molecular weight is 299 g/mol. The van der Waals surface area contributed by atoms with E-state index < -0.39 is 17.8 Å². The second-order valence-electron chi connectivity index (χ2n) is 4.32. The van der Waals surface area contributed by atoms with Gasteiger partial charge in [-0.15, -0.1) is 0 Å². The first-order valence-corrected chi connectivity index (χ1v) is 6.40. The minimum absolute atomic E-state index is 0.126. The quantitative estimate of drug-likeness (QED) is 0.519. The molecule has 0 saturated carbocycles. The molecule has 112 valence electrons. The fourth-order valence-corrected chi connectivity index (χ4v) is 1.59. The van der Waals surface area contributed by atoms with E-state index in [9.17, 15) is 14.4 Å². The molecule has 1 N–H and O–H groups in total. The number of hydrogen-bond acceptors (Lipinski definition) is 5. The maximum Gasteiger partial charge on any atom is 0.336 e. The molecule has 6 nitrogen and oxygen atoms in total. The van der Waals surface area contributed by atoms with Crippen LogP contribution in [-0.2, 0) is 19.1 Å². The predicted octanol–water partition coefficient (Wildman–Crippen LogP) is 1.61. The van der Waals surface area contributed by atoms with Crippen LogP contribution in [-0.4, -0.2) is 17.8 Å². The summed E-state index contributed by atoms with van der Waals surface area (Å²) in [5.41, 5.74) is 0.520. The summed E-state index contributed by atoms with van der Waals surface area (Å²) in [4.78, 5) is 34.5. The number of carbonyl (C=O) groups excluding carboxylic acids is 3. The molecule has 0 saturated heterocycles. The highest BCUT2D eigenvalue weighted by Gasteiger charge is 2.18. The van der Waals surface area contributed by atoms with Crippen molar-refractivity contribution in [3.63, 3.8) is 0 Å². The molecule has 0 aromatic heterocycles. The maximum atomic E-state index is 11.5. The number of nitrogens with one attached hydrogen (secondary N) is 1. The molecule has 0 radical (unpaired) electrons. The maximum absolute atomic E-state index is 11.5. The molecule has 0 bridgehead atoms. The zero-order chi connectivity index (χ0) is 15.9. The van der Waals surface area contributed by atoms with Crippen LogP contribution in [0.4, 0.5) is 0 Å². The highest BCUT2D eigenvalue weighted by Crippen LogP contribution is 2.11. The van der Waals surface area contributed by atoms with Crippen molar-refractivity contribution >= 4 is 17.8 Å². The van der Waals surface area contributed by atoms with Gasteiger partial charge in [-0.25, -0.2) is 9.59 Å². The summed E-state index contributed by atoms with van der Waals surface area (Å²) in [7, 11) is 0. The Labute approximate surface area is 126 Å². The van der Waals surface area contributed by atoms with Gasteiger partial charge in [-0.05, 0) is 18.2 Å². The summed E-state index contributed by atoms with van der Waals surface area (Å²) >= 11 is 0. The van der Waals surface area contributed by atoms with Crippen molar-refractivity contribution in [1.82, 2.24) is 5.32 Å². The molecule has 6 heteroatoms. The van der Waals surface area contributed by atoms with E-state index in [0.29, 0.717) is 17.9 Å². The number of esters is 2. The highest BCUT2D eigenvalue weighted by atomic mass is 16.5. The lowest BCUT2D eigenvalue weighted by molar-refractivity contribution is -0.138. The second-order valence-corrected chi connectivity index (χ2v) is 4.32. The molecular formula is C16H13NO5. The Balaban J connectivity index is 1.87. The lowest BCUT2D eigenvalue weighted by Crippen LogP contribution is -2.29. The van der Waals surface area contributed by atoms with Crippen LogP contribution < -0.4 is 10.1 Å². The third-order valence-electron chi connectivity index (χ3n) is 2.58. The number of hydrogen-bond donors (Lipinski definition) is 1. The number of benzene rings is 1. The Morgan fingerprint density at radius 3 is 2.36 bits per heavy atom. The third-order valence-corrected chi connectivity index (χ3v) is 2.58. The summed E-state index contributed by atoms with van der Waals surface area (Å²) in [6.45, 7) is 3.59. The highest BCUT2D eigenvalue weighted by molar-refractivity contribution is 5.98. The van der Waals surface area contributed by atoms with Crippen LogP contribution in [0.1, 0.15) is 6.42 Å². The van der Waals surface area contributed by atoms with Crippen molar-refractivity contribution < 1.29 is 23.9 Å². The summed E-state index contributed by atoms with van der Waals surface area (Å²) in [6, 6.07) is 8.41. The van der Waals surface area contributed by atoms with Gasteiger partial charge in [0.05, 0.1) is 0 Å². The summed E-state index contributed by atoms with van der Waals surface area (Å²) in [6.07, 6.45) is 3.64. The summed E-state index contributed by atoms with van der Waals surface area (Å²) < 4.78 is 9.78. The van der Waals surface area contributed by atoms with E-state index in [0.717, 1.165) is 12.2 Å². The van der Waals surface area contributed by atoms with Gasteiger partial charge in [0.25, 0.3) is 5.91 Å². The van der Waals surface area contributed by atoms with E-state index in [-0.39, 0.29) is 5.76 Å². The number of para-hydroxylation sites is 1. The van der Waals surface area contributed by atoms with E-state index in [1.54, 1.807) is 30.3 Å². The van der Waals surface area contributed by atoms with Crippen molar-refractivity contribution in [3.8, 4) is 5.75 Å². The normalized spacial score (nSPS) is 14.3. The summed E-state index contributed by atoms with van der Waals surface area (Å²) in [5.74, 6) is -1.89. The molecule has 2 rings (SSSR count). The predicted molar refractivity (Wildman–Crippen MR) is 77.3 cm³/mol. The van der Waals surface area contributed by atoms with E-state index in [2.05, 4.69) is 11.9 Å². The van der Waals surface area contributed by atoms with Crippen molar-refractivity contribution in [2.75, 3.05) is 0 Å². The average Bonchev–Trinajstić information content (AvgIpc) is 2.49. The Morgan fingerprint density at radius 2 is 1.73 bits per heavy atom. The first-order chi connectivity index (χ1) is 10.5. The van der Waals surface area contributed by atoms with E-state index >= 15 is 0 Å². The molecule has 1 heterocycles. The molecular weight excluding hydrogens is 286 g/mol. The standard InChI is InChI=1S/C16H13NO5/c1-11-7-8-13(16(20)17-11)22-15(19)10-9-14(18)21-12-5-3-2-4-6-12/h2-6,8-10H,1,7H2,(H,17,20)/b10-9+. The van der Waals surface area contributed by atoms with Gasteiger partial charge in [0.1, 0.15) is 5.75 Å². The number of rotatable bonds is 4. The zero-order valence-corrected chi connectivity index (χ0v) is 11.6. The van der Waals surface area contributed by atoms with Crippen molar-refractivity contribution in [1.29, 1.82) is 0 Å². The molecule has 22 heavy (non-hydrogen) atoms. The monoisotopic (exact) mass is 299 g/mol. The molecule has 1 aliphatic rings. The van der Waals surface area contributed by atoms with E-state index in [1.165, 1.54) is 6.08 Å². The van der Waals surface area contributed by atoms with Crippen molar-refractivity contribution in [2.24, 2.45) is 0 Å². The first kappa shape index (κ1) is 15.2. The molecule has 1 aromatic carbocycles. The van der Waals surface area contributed by atoms with Gasteiger partial charge < -0.3 is 14.8 Å². The van der Waals surface area contributed by atoms with Crippen LogP contribution in [0.5, 0.6) is 5.75 Å². The lowest BCUT2D eigenvalue weighted by Gasteiger charge is -2.14. The molecule has 0 spiro atoms. The number of allylic oxidation sites excluding steroid dienone is 1. The van der Waals surface area contributed by atoms with Gasteiger partial charge in [0.15, 0.2) is 5.76 Å². The number of amides is 1. The van der Waals surface area contributed by atoms with Crippen LogP contribution in [0.25, 0.3) is 0 Å². The molecule has 1 aromatic rings. The Morgan fingerprint density at radius 1 is 1.09 bits per heavy atom. The molecule has 0 unspecified atom stereocenters. The van der Waals surface area contributed by atoms with Gasteiger partial charge in [-0.1, -0.05) is 24.8 Å². The Bertz CT molecular complexity index is 673.